The number of carboxylic acids is 1. The summed E-state index contributed by atoms with van der Waals surface area (Å²) in [6.45, 7) is 0. The van der Waals surface area contributed by atoms with Gasteiger partial charge in [0.15, 0.2) is 0 Å². The number of aromatic carboxylic acids is 1. The SMILES string of the molecule is O=C(O)c1cc(S)ccc1[N+](=O)[O-].[Na]. The molecule has 7 heteroatoms. The number of carbonyl (C=O) groups is 1. The van der Waals surface area contributed by atoms with Gasteiger partial charge < -0.3 is 5.11 Å². The summed E-state index contributed by atoms with van der Waals surface area (Å²) in [7, 11) is 0. The minimum absolute atomic E-state index is 0. The van der Waals surface area contributed by atoms with Crippen molar-refractivity contribution in [1.82, 2.24) is 0 Å². The molecule has 0 atom stereocenters. The van der Waals surface area contributed by atoms with Crippen LogP contribution in [0, 0.1) is 10.1 Å². The molecule has 0 amide bonds. The first-order chi connectivity index (χ1) is 6.02. The standard InChI is InChI=1S/C7H5NO4S.Na/c9-7(10)5-3-4(13)1-2-6(5)8(11)12;/h1-3,13H,(H,9,10);. The van der Waals surface area contributed by atoms with E-state index in [-0.39, 0.29) is 35.1 Å². The number of hydrogen-bond acceptors (Lipinski definition) is 4. The predicted molar refractivity (Wildman–Crippen MR) is 53.1 cm³/mol. The van der Waals surface area contributed by atoms with Crippen molar-refractivity contribution in [2.45, 2.75) is 4.90 Å². The van der Waals surface area contributed by atoms with Gasteiger partial charge in [0.1, 0.15) is 5.56 Å². The number of nitro benzene ring substituents is 1. The zero-order valence-corrected chi connectivity index (χ0v) is 10.2. The Kier molecular flexibility index (Phi) is 5.14. The second kappa shape index (κ2) is 5.35. The van der Waals surface area contributed by atoms with Crippen LogP contribution in [-0.2, 0) is 0 Å². The average Bonchev–Trinajstić information content (AvgIpc) is 2.03. The van der Waals surface area contributed by atoms with Crippen LogP contribution in [0.1, 0.15) is 10.4 Å². The minimum Gasteiger partial charge on any atom is -0.477 e. The Labute approximate surface area is 107 Å². The molecule has 1 rings (SSSR count). The fourth-order valence-corrected chi connectivity index (χ4v) is 1.06. The monoisotopic (exact) mass is 222 g/mol. The number of nitro groups is 1. The fraction of sp³-hybridized carbons (Fsp3) is 0. The van der Waals surface area contributed by atoms with E-state index < -0.39 is 16.6 Å². The van der Waals surface area contributed by atoms with Crippen molar-refractivity contribution in [3.63, 3.8) is 0 Å². The zero-order chi connectivity index (χ0) is 10.0. The quantitative estimate of drug-likeness (QED) is 0.341. The molecule has 0 aliphatic rings. The predicted octanol–water partition coefficient (Wildman–Crippen LogP) is 1.20. The van der Waals surface area contributed by atoms with Crippen molar-refractivity contribution >= 4 is 53.8 Å². The molecule has 1 N–H and O–H groups in total. The summed E-state index contributed by atoms with van der Waals surface area (Å²) in [5, 5.41) is 19.0. The van der Waals surface area contributed by atoms with E-state index in [9.17, 15) is 14.9 Å². The maximum Gasteiger partial charge on any atom is 0.342 e. The van der Waals surface area contributed by atoms with Crippen LogP contribution in [0.15, 0.2) is 23.1 Å². The van der Waals surface area contributed by atoms with Crippen LogP contribution < -0.4 is 0 Å². The molecule has 0 spiro atoms. The molecule has 0 saturated heterocycles. The van der Waals surface area contributed by atoms with Gasteiger partial charge >= 0.3 is 5.97 Å². The van der Waals surface area contributed by atoms with E-state index in [1.165, 1.54) is 6.07 Å². The molecule has 0 heterocycles. The van der Waals surface area contributed by atoms with Gasteiger partial charge in [0.2, 0.25) is 0 Å². The van der Waals surface area contributed by atoms with Crippen molar-refractivity contribution in [3.05, 3.63) is 33.9 Å². The molecule has 0 aliphatic carbocycles. The number of rotatable bonds is 2. The second-order valence-electron chi connectivity index (χ2n) is 2.26. The second-order valence-corrected chi connectivity index (χ2v) is 2.78. The van der Waals surface area contributed by atoms with E-state index in [0.29, 0.717) is 4.90 Å². The number of carboxylic acid groups (broad SMARTS) is 1. The molecular formula is C7H5NNaO4S. The molecule has 0 fully saturated rings. The molecular weight excluding hydrogens is 217 g/mol. The summed E-state index contributed by atoms with van der Waals surface area (Å²) in [4.78, 5) is 20.5. The summed E-state index contributed by atoms with van der Waals surface area (Å²) in [5.41, 5.74) is -0.775. The molecule has 0 aromatic heterocycles. The van der Waals surface area contributed by atoms with Gasteiger partial charge in [-0.3, -0.25) is 10.1 Å². The van der Waals surface area contributed by atoms with Gasteiger partial charge in [-0.1, -0.05) is 0 Å². The average molecular weight is 222 g/mol. The van der Waals surface area contributed by atoms with Crippen molar-refractivity contribution in [3.8, 4) is 0 Å². The zero-order valence-electron chi connectivity index (χ0n) is 7.30. The number of nitrogens with zero attached hydrogens (tertiary/aromatic N) is 1. The first-order valence-electron chi connectivity index (χ1n) is 3.23. The molecule has 0 unspecified atom stereocenters. The van der Waals surface area contributed by atoms with E-state index in [4.69, 9.17) is 5.11 Å². The summed E-state index contributed by atoms with van der Waals surface area (Å²) in [5.74, 6) is -1.33. The third-order valence-electron chi connectivity index (χ3n) is 1.41. The first kappa shape index (κ1) is 13.4. The molecule has 1 aromatic carbocycles. The topological polar surface area (TPSA) is 80.4 Å². The third-order valence-corrected chi connectivity index (χ3v) is 1.69. The molecule has 1 aromatic rings. The Morgan fingerprint density at radius 3 is 2.50 bits per heavy atom. The van der Waals surface area contributed by atoms with E-state index in [1.54, 1.807) is 0 Å². The van der Waals surface area contributed by atoms with Gasteiger partial charge in [-0.15, -0.1) is 12.6 Å². The summed E-state index contributed by atoms with van der Waals surface area (Å²) >= 11 is 3.88. The molecule has 5 nitrogen and oxygen atoms in total. The Bertz CT molecular complexity index is 382. The smallest absolute Gasteiger partial charge is 0.342 e. The summed E-state index contributed by atoms with van der Waals surface area (Å²) < 4.78 is 0. The Morgan fingerprint density at radius 2 is 2.07 bits per heavy atom. The van der Waals surface area contributed by atoms with Crippen molar-refractivity contribution in [1.29, 1.82) is 0 Å². The van der Waals surface area contributed by atoms with Gasteiger partial charge in [0, 0.05) is 40.5 Å². The Hall–Kier alpha value is -0.560. The number of hydrogen-bond donors (Lipinski definition) is 2. The summed E-state index contributed by atoms with van der Waals surface area (Å²) in [6, 6.07) is 3.63. The number of thiol groups is 1. The number of benzene rings is 1. The van der Waals surface area contributed by atoms with Crippen LogP contribution in [-0.4, -0.2) is 45.6 Å². The van der Waals surface area contributed by atoms with Gasteiger partial charge in [0.05, 0.1) is 4.92 Å². The van der Waals surface area contributed by atoms with Crippen LogP contribution in [0.25, 0.3) is 0 Å². The molecule has 0 aliphatic heterocycles. The maximum atomic E-state index is 10.5. The van der Waals surface area contributed by atoms with Crippen LogP contribution in [0.3, 0.4) is 0 Å². The van der Waals surface area contributed by atoms with E-state index >= 15 is 0 Å². The largest absolute Gasteiger partial charge is 0.477 e. The van der Waals surface area contributed by atoms with Crippen LogP contribution in [0.2, 0.25) is 0 Å². The van der Waals surface area contributed by atoms with Crippen LogP contribution in [0.5, 0.6) is 0 Å². The minimum atomic E-state index is -1.33. The Balaban J connectivity index is 0.00000169. The van der Waals surface area contributed by atoms with Gasteiger partial charge in [-0.25, -0.2) is 4.79 Å². The van der Waals surface area contributed by atoms with Crippen LogP contribution in [0.4, 0.5) is 5.69 Å². The normalized spacial score (nSPS) is 8.93. The van der Waals surface area contributed by atoms with Gasteiger partial charge in [-0.05, 0) is 12.1 Å². The molecule has 69 valence electrons. The molecule has 0 bridgehead atoms. The van der Waals surface area contributed by atoms with E-state index in [2.05, 4.69) is 12.6 Å². The third kappa shape index (κ3) is 2.98. The van der Waals surface area contributed by atoms with Crippen molar-refractivity contribution in [2.75, 3.05) is 0 Å². The Morgan fingerprint density at radius 1 is 1.50 bits per heavy atom. The van der Waals surface area contributed by atoms with E-state index in [0.717, 1.165) is 12.1 Å². The van der Waals surface area contributed by atoms with Gasteiger partial charge in [-0.2, -0.15) is 0 Å². The molecule has 14 heavy (non-hydrogen) atoms. The van der Waals surface area contributed by atoms with Crippen molar-refractivity contribution in [2.24, 2.45) is 0 Å². The summed E-state index contributed by atoms with van der Waals surface area (Å²) in [6.07, 6.45) is 0. The molecule has 1 radical (unpaired) electrons. The fourth-order valence-electron chi connectivity index (χ4n) is 0.855. The van der Waals surface area contributed by atoms with Crippen LogP contribution >= 0.6 is 12.6 Å². The van der Waals surface area contributed by atoms with Gasteiger partial charge in [0.25, 0.3) is 5.69 Å². The molecule has 0 saturated carbocycles. The van der Waals surface area contributed by atoms with E-state index in [1.807, 2.05) is 0 Å². The van der Waals surface area contributed by atoms with Crippen molar-refractivity contribution < 1.29 is 14.8 Å². The first-order valence-corrected chi connectivity index (χ1v) is 3.68. The maximum absolute atomic E-state index is 10.5.